The highest BCUT2D eigenvalue weighted by Gasteiger charge is 2.22. The summed E-state index contributed by atoms with van der Waals surface area (Å²) in [5.74, 6) is -0.344. The number of rotatable bonds is 3. The maximum atomic E-state index is 14.6. The molecule has 0 spiro atoms. The van der Waals surface area contributed by atoms with Gasteiger partial charge in [-0.05, 0) is 23.3 Å². The van der Waals surface area contributed by atoms with E-state index in [1.54, 1.807) is 0 Å². The number of H-pyrrole nitrogens is 2. The highest BCUT2D eigenvalue weighted by atomic mass is 19.1. The zero-order chi connectivity index (χ0) is 19.4. The zero-order valence-corrected chi connectivity index (χ0v) is 15.7. The Labute approximate surface area is 167 Å². The molecule has 140 valence electrons. The number of fused-ring (bicyclic) bond motifs is 6. The number of aromatic nitrogens is 2. The second-order valence-electron chi connectivity index (χ2n) is 7.59. The van der Waals surface area contributed by atoms with Gasteiger partial charge in [-0.1, -0.05) is 72.8 Å². The third-order valence-corrected chi connectivity index (χ3v) is 6.05. The Kier molecular flexibility index (Phi) is 3.51. The molecule has 2 aromatic heterocycles. The Balaban J connectivity index is 1.64. The summed E-state index contributed by atoms with van der Waals surface area (Å²) in [4.78, 5) is 7.06. The first-order valence-electron chi connectivity index (χ1n) is 9.90. The summed E-state index contributed by atoms with van der Waals surface area (Å²) in [6.07, 6.45) is 0. The van der Waals surface area contributed by atoms with E-state index in [9.17, 15) is 4.39 Å². The summed E-state index contributed by atoms with van der Waals surface area (Å²) in [7, 11) is 0. The van der Waals surface area contributed by atoms with Gasteiger partial charge in [-0.15, -0.1) is 0 Å². The monoisotopic (exact) mass is 378 g/mol. The maximum absolute atomic E-state index is 14.6. The van der Waals surface area contributed by atoms with Crippen LogP contribution in [-0.4, -0.2) is 16.6 Å². The minimum atomic E-state index is -0.455. The largest absolute Gasteiger partial charge is 0.354 e. The van der Waals surface area contributed by atoms with Gasteiger partial charge in [-0.25, -0.2) is 0 Å². The summed E-state index contributed by atoms with van der Waals surface area (Å²) < 4.78 is 14.6. The van der Waals surface area contributed by atoms with Crippen LogP contribution in [0.2, 0.25) is 0 Å². The lowest BCUT2D eigenvalue weighted by atomic mass is 9.89. The molecule has 0 bridgehead atoms. The molecule has 29 heavy (non-hydrogen) atoms. The Morgan fingerprint density at radius 3 is 1.48 bits per heavy atom. The highest BCUT2D eigenvalue weighted by molar-refractivity contribution is 6.10. The van der Waals surface area contributed by atoms with Crippen LogP contribution in [0.4, 0.5) is 4.39 Å². The Morgan fingerprint density at radius 1 is 0.552 bits per heavy atom. The number of aromatic amines is 2. The van der Waals surface area contributed by atoms with E-state index in [0.717, 1.165) is 44.0 Å². The van der Waals surface area contributed by atoms with Crippen LogP contribution in [0, 0.1) is 0 Å². The fourth-order valence-corrected chi connectivity index (χ4v) is 4.71. The molecule has 0 aliphatic heterocycles. The smallest absolute Gasteiger partial charge is 0.100 e. The molecule has 0 fully saturated rings. The third-order valence-electron chi connectivity index (χ3n) is 6.05. The SMILES string of the molecule is FCC(c1cccc2c1[nH]c1ccccc12)c1cccc2c1[nH]c1ccccc12. The maximum Gasteiger partial charge on any atom is 0.100 e. The average molecular weight is 378 g/mol. The fraction of sp³-hybridized carbons (Fsp3) is 0.0769. The first-order chi connectivity index (χ1) is 14.3. The summed E-state index contributed by atoms with van der Waals surface area (Å²) >= 11 is 0. The molecule has 2 nitrogen and oxygen atoms in total. The van der Waals surface area contributed by atoms with Gasteiger partial charge in [0.15, 0.2) is 0 Å². The van der Waals surface area contributed by atoms with Gasteiger partial charge in [0.25, 0.3) is 0 Å². The van der Waals surface area contributed by atoms with Crippen molar-refractivity contribution in [2.45, 2.75) is 5.92 Å². The molecular weight excluding hydrogens is 359 g/mol. The van der Waals surface area contributed by atoms with Crippen LogP contribution in [0.3, 0.4) is 0 Å². The molecule has 0 unspecified atom stereocenters. The molecule has 0 saturated heterocycles. The predicted molar refractivity (Wildman–Crippen MR) is 119 cm³/mol. The van der Waals surface area contributed by atoms with E-state index in [2.05, 4.69) is 46.4 Å². The third kappa shape index (κ3) is 2.34. The van der Waals surface area contributed by atoms with Crippen molar-refractivity contribution in [3.63, 3.8) is 0 Å². The Hall–Kier alpha value is -3.59. The van der Waals surface area contributed by atoms with Crippen molar-refractivity contribution in [1.82, 2.24) is 9.97 Å². The van der Waals surface area contributed by atoms with E-state index in [1.807, 2.05) is 48.5 Å². The van der Waals surface area contributed by atoms with Crippen molar-refractivity contribution in [3.05, 3.63) is 96.1 Å². The van der Waals surface area contributed by atoms with Gasteiger partial charge in [-0.3, -0.25) is 4.39 Å². The number of hydrogen-bond acceptors (Lipinski definition) is 0. The fourth-order valence-electron chi connectivity index (χ4n) is 4.71. The molecule has 2 N–H and O–H groups in total. The van der Waals surface area contributed by atoms with Crippen molar-refractivity contribution in [1.29, 1.82) is 0 Å². The quantitative estimate of drug-likeness (QED) is 0.330. The minimum absolute atomic E-state index is 0.344. The standard InChI is InChI=1S/C26H19FN2/c27-15-22(20-11-5-9-18-16-7-1-3-13-23(16)28-25(18)20)21-12-6-10-19-17-8-2-4-14-24(17)29-26(19)21/h1-14,22,28-29H,15H2. The second-order valence-corrected chi connectivity index (χ2v) is 7.59. The first-order valence-corrected chi connectivity index (χ1v) is 9.90. The first kappa shape index (κ1) is 16.4. The number of alkyl halides is 1. The molecule has 0 atom stereocenters. The van der Waals surface area contributed by atoms with Gasteiger partial charge >= 0.3 is 0 Å². The van der Waals surface area contributed by atoms with Crippen molar-refractivity contribution >= 4 is 43.6 Å². The van der Waals surface area contributed by atoms with Gasteiger partial charge in [0.1, 0.15) is 6.67 Å². The molecule has 3 heteroatoms. The molecule has 4 aromatic carbocycles. The molecule has 6 rings (SSSR count). The van der Waals surface area contributed by atoms with Gasteiger partial charge in [0, 0.05) is 38.5 Å². The number of para-hydroxylation sites is 4. The van der Waals surface area contributed by atoms with Crippen LogP contribution >= 0.6 is 0 Å². The molecule has 6 aromatic rings. The normalized spacial score (nSPS) is 12.1. The van der Waals surface area contributed by atoms with E-state index < -0.39 is 6.67 Å². The molecular formula is C26H19FN2. The summed E-state index contributed by atoms with van der Waals surface area (Å²) in [5.41, 5.74) is 6.18. The summed E-state index contributed by atoms with van der Waals surface area (Å²) in [6, 6.07) is 28.9. The molecule has 2 heterocycles. The van der Waals surface area contributed by atoms with E-state index in [4.69, 9.17) is 0 Å². The van der Waals surface area contributed by atoms with Gasteiger partial charge in [-0.2, -0.15) is 0 Å². The summed E-state index contributed by atoms with van der Waals surface area (Å²) in [5, 5.41) is 4.62. The van der Waals surface area contributed by atoms with Crippen LogP contribution in [0.25, 0.3) is 43.6 Å². The van der Waals surface area contributed by atoms with Crippen molar-refractivity contribution in [3.8, 4) is 0 Å². The molecule has 0 aliphatic rings. The number of hydrogen-bond donors (Lipinski definition) is 2. The molecule has 0 amide bonds. The molecule has 0 aliphatic carbocycles. The molecule has 0 saturated carbocycles. The zero-order valence-electron chi connectivity index (χ0n) is 15.7. The Morgan fingerprint density at radius 2 is 1.00 bits per heavy atom. The topological polar surface area (TPSA) is 31.6 Å². The predicted octanol–water partition coefficient (Wildman–Crippen LogP) is 7.06. The number of nitrogens with one attached hydrogen (secondary N) is 2. The Bertz CT molecular complexity index is 1390. The van der Waals surface area contributed by atoms with E-state index >= 15 is 0 Å². The summed E-state index contributed by atoms with van der Waals surface area (Å²) in [6.45, 7) is -0.455. The van der Waals surface area contributed by atoms with Gasteiger partial charge < -0.3 is 9.97 Å². The number of halogens is 1. The lowest BCUT2D eigenvalue weighted by molar-refractivity contribution is 0.463. The lowest BCUT2D eigenvalue weighted by Crippen LogP contribution is -2.05. The van der Waals surface area contributed by atoms with E-state index in [1.165, 1.54) is 10.8 Å². The highest BCUT2D eigenvalue weighted by Crippen LogP contribution is 2.38. The van der Waals surface area contributed by atoms with Crippen molar-refractivity contribution < 1.29 is 4.39 Å². The van der Waals surface area contributed by atoms with Crippen LogP contribution in [0.5, 0.6) is 0 Å². The number of benzene rings is 4. The molecule has 0 radical (unpaired) electrons. The van der Waals surface area contributed by atoms with Crippen LogP contribution in [0.1, 0.15) is 17.0 Å². The minimum Gasteiger partial charge on any atom is -0.354 e. The van der Waals surface area contributed by atoms with Crippen LogP contribution in [0.15, 0.2) is 84.9 Å². The van der Waals surface area contributed by atoms with E-state index in [-0.39, 0.29) is 5.92 Å². The van der Waals surface area contributed by atoms with Crippen molar-refractivity contribution in [2.75, 3.05) is 6.67 Å². The van der Waals surface area contributed by atoms with Gasteiger partial charge in [0.2, 0.25) is 0 Å². The van der Waals surface area contributed by atoms with Crippen LogP contribution in [-0.2, 0) is 0 Å². The van der Waals surface area contributed by atoms with Crippen LogP contribution < -0.4 is 0 Å². The average Bonchev–Trinajstić information content (AvgIpc) is 3.34. The lowest BCUT2D eigenvalue weighted by Gasteiger charge is -2.16. The van der Waals surface area contributed by atoms with E-state index in [0.29, 0.717) is 0 Å². The second kappa shape index (κ2) is 6.21. The van der Waals surface area contributed by atoms with Gasteiger partial charge in [0.05, 0.1) is 11.0 Å². The van der Waals surface area contributed by atoms with Crippen molar-refractivity contribution in [2.24, 2.45) is 0 Å².